The average Bonchev–Trinajstić information content (AvgIpc) is 3.04. The van der Waals surface area contributed by atoms with Crippen LogP contribution in [0.15, 0.2) is 0 Å². The fraction of sp³-hybridized carbons (Fsp3) is 0.846. The summed E-state index contributed by atoms with van der Waals surface area (Å²) in [4.78, 5) is 0. The maximum absolute atomic E-state index is 13.0. The molecule has 0 radical (unpaired) electrons. The molecule has 0 bridgehead atoms. The number of hydrogen-bond acceptors (Lipinski definition) is 3. The molecule has 2 atom stereocenters. The first-order valence-electron chi connectivity index (χ1n) is 7.20. The van der Waals surface area contributed by atoms with Gasteiger partial charge in [0.25, 0.3) is 0 Å². The Balaban J connectivity index is 1.95. The summed E-state index contributed by atoms with van der Waals surface area (Å²) in [6, 6.07) is 0. The van der Waals surface area contributed by atoms with Crippen molar-refractivity contribution in [3.8, 4) is 0 Å². The van der Waals surface area contributed by atoms with Crippen molar-refractivity contribution in [1.29, 1.82) is 0 Å². The highest BCUT2D eigenvalue weighted by Crippen LogP contribution is 2.38. The summed E-state index contributed by atoms with van der Waals surface area (Å²) in [5.74, 6) is 0.114. The van der Waals surface area contributed by atoms with E-state index < -0.39 is 12.1 Å². The van der Waals surface area contributed by atoms with Crippen molar-refractivity contribution in [3.05, 3.63) is 11.6 Å². The molecule has 0 amide bonds. The standard InChI is InChI=1S/C13H19F3N4/c1-2-12(6-3-7-17-12)11-19-18-10-5-4-9(8-20(10)11)13(14,15)16/h9,17H,2-8H2,1H3. The first-order valence-corrected chi connectivity index (χ1v) is 7.20. The molecule has 20 heavy (non-hydrogen) atoms. The summed E-state index contributed by atoms with van der Waals surface area (Å²) in [6.45, 7) is 2.90. The molecule has 1 saturated heterocycles. The first-order chi connectivity index (χ1) is 9.46. The molecule has 1 N–H and O–H groups in total. The van der Waals surface area contributed by atoms with Crippen LogP contribution in [0.3, 0.4) is 0 Å². The van der Waals surface area contributed by atoms with Crippen LogP contribution in [0.25, 0.3) is 0 Å². The lowest BCUT2D eigenvalue weighted by molar-refractivity contribution is -0.182. The van der Waals surface area contributed by atoms with E-state index in [4.69, 9.17) is 0 Å². The molecular formula is C13H19F3N4. The predicted molar refractivity (Wildman–Crippen MR) is 67.1 cm³/mol. The maximum atomic E-state index is 13.0. The largest absolute Gasteiger partial charge is 0.393 e. The van der Waals surface area contributed by atoms with Gasteiger partial charge in [0.2, 0.25) is 0 Å². The van der Waals surface area contributed by atoms with Gasteiger partial charge in [-0.1, -0.05) is 6.92 Å². The Kier molecular flexibility index (Phi) is 3.27. The van der Waals surface area contributed by atoms with E-state index in [1.807, 2.05) is 6.92 Å². The fourth-order valence-corrected chi connectivity index (χ4v) is 3.41. The van der Waals surface area contributed by atoms with Gasteiger partial charge in [-0.25, -0.2) is 0 Å². The molecule has 0 aromatic carbocycles. The van der Waals surface area contributed by atoms with Gasteiger partial charge in [0.05, 0.1) is 11.5 Å². The van der Waals surface area contributed by atoms with Crippen molar-refractivity contribution in [2.75, 3.05) is 6.54 Å². The van der Waals surface area contributed by atoms with Crippen LogP contribution in [0, 0.1) is 5.92 Å². The number of halogens is 3. The van der Waals surface area contributed by atoms with E-state index >= 15 is 0 Å². The fourth-order valence-electron chi connectivity index (χ4n) is 3.41. The zero-order chi connectivity index (χ0) is 14.4. The molecule has 3 rings (SSSR count). The highest BCUT2D eigenvalue weighted by Gasteiger charge is 2.45. The van der Waals surface area contributed by atoms with Crippen molar-refractivity contribution < 1.29 is 13.2 Å². The van der Waals surface area contributed by atoms with E-state index in [2.05, 4.69) is 15.5 Å². The van der Waals surface area contributed by atoms with Gasteiger partial charge in [-0.15, -0.1) is 10.2 Å². The van der Waals surface area contributed by atoms with E-state index in [1.54, 1.807) is 4.57 Å². The number of rotatable bonds is 2. The Hall–Kier alpha value is -1.11. The van der Waals surface area contributed by atoms with Gasteiger partial charge in [0.15, 0.2) is 5.82 Å². The molecule has 112 valence electrons. The molecule has 0 saturated carbocycles. The summed E-state index contributed by atoms with van der Waals surface area (Å²) in [7, 11) is 0. The second kappa shape index (κ2) is 4.72. The normalized spacial score (nSPS) is 30.5. The summed E-state index contributed by atoms with van der Waals surface area (Å²) >= 11 is 0. The number of nitrogens with zero attached hydrogens (tertiary/aromatic N) is 3. The van der Waals surface area contributed by atoms with Gasteiger partial charge in [0, 0.05) is 13.0 Å². The molecule has 1 fully saturated rings. The zero-order valence-corrected chi connectivity index (χ0v) is 11.5. The summed E-state index contributed by atoms with van der Waals surface area (Å²) < 4.78 is 40.6. The molecule has 3 heterocycles. The minimum Gasteiger partial charge on any atom is -0.313 e. The molecule has 1 aromatic rings. The van der Waals surface area contributed by atoms with Crippen molar-refractivity contribution in [1.82, 2.24) is 20.1 Å². The van der Waals surface area contributed by atoms with Crippen LogP contribution in [0.2, 0.25) is 0 Å². The third-order valence-electron chi connectivity index (χ3n) is 4.68. The number of aryl methyl sites for hydroxylation is 1. The van der Waals surface area contributed by atoms with Gasteiger partial charge < -0.3 is 9.88 Å². The van der Waals surface area contributed by atoms with E-state index in [-0.39, 0.29) is 18.5 Å². The van der Waals surface area contributed by atoms with Gasteiger partial charge >= 0.3 is 6.18 Å². The van der Waals surface area contributed by atoms with Crippen LogP contribution in [-0.2, 0) is 18.5 Å². The number of nitrogens with one attached hydrogen (secondary N) is 1. The van der Waals surface area contributed by atoms with Crippen molar-refractivity contribution in [2.24, 2.45) is 5.92 Å². The number of fused-ring (bicyclic) bond motifs is 1. The monoisotopic (exact) mass is 288 g/mol. The number of alkyl halides is 3. The van der Waals surface area contributed by atoms with Gasteiger partial charge in [-0.05, 0) is 32.2 Å². The summed E-state index contributed by atoms with van der Waals surface area (Å²) in [5, 5.41) is 11.8. The third kappa shape index (κ3) is 2.12. The molecular weight excluding hydrogens is 269 g/mol. The van der Waals surface area contributed by atoms with Crippen LogP contribution < -0.4 is 5.32 Å². The lowest BCUT2D eigenvalue weighted by Crippen LogP contribution is -2.41. The quantitative estimate of drug-likeness (QED) is 0.908. The Morgan fingerprint density at radius 2 is 2.20 bits per heavy atom. The molecule has 7 heteroatoms. The van der Waals surface area contributed by atoms with E-state index in [0.717, 1.165) is 25.8 Å². The van der Waals surface area contributed by atoms with Crippen molar-refractivity contribution in [3.63, 3.8) is 0 Å². The van der Waals surface area contributed by atoms with Crippen LogP contribution in [0.1, 0.15) is 44.3 Å². The molecule has 1 aromatic heterocycles. The van der Waals surface area contributed by atoms with E-state index in [9.17, 15) is 13.2 Å². The third-order valence-corrected chi connectivity index (χ3v) is 4.68. The first kappa shape index (κ1) is 13.9. The highest BCUT2D eigenvalue weighted by molar-refractivity contribution is 5.13. The lowest BCUT2D eigenvalue weighted by atomic mass is 9.91. The van der Waals surface area contributed by atoms with Crippen LogP contribution in [0.5, 0.6) is 0 Å². The molecule has 2 aliphatic rings. The lowest BCUT2D eigenvalue weighted by Gasteiger charge is -2.31. The van der Waals surface area contributed by atoms with Gasteiger partial charge in [-0.2, -0.15) is 13.2 Å². The Morgan fingerprint density at radius 3 is 2.80 bits per heavy atom. The topological polar surface area (TPSA) is 42.7 Å². The second-order valence-corrected chi connectivity index (χ2v) is 5.79. The van der Waals surface area contributed by atoms with Crippen LogP contribution in [0.4, 0.5) is 13.2 Å². The molecule has 2 aliphatic heterocycles. The molecule has 2 unspecified atom stereocenters. The SMILES string of the molecule is CCC1(c2nnc3n2CC(C(F)(F)F)CC3)CCCN1. The Labute approximate surface area is 115 Å². The molecule has 0 aliphatic carbocycles. The minimum atomic E-state index is -4.14. The Morgan fingerprint density at radius 1 is 1.40 bits per heavy atom. The Bertz CT molecular complexity index is 488. The van der Waals surface area contributed by atoms with E-state index in [1.165, 1.54) is 0 Å². The average molecular weight is 288 g/mol. The molecule has 0 spiro atoms. The summed E-state index contributed by atoms with van der Waals surface area (Å²) in [5.41, 5.74) is -0.293. The van der Waals surface area contributed by atoms with Crippen LogP contribution in [-0.4, -0.2) is 27.5 Å². The van der Waals surface area contributed by atoms with Crippen molar-refractivity contribution in [2.45, 2.75) is 57.3 Å². The smallest absolute Gasteiger partial charge is 0.313 e. The minimum absolute atomic E-state index is 0.0371. The molecule has 4 nitrogen and oxygen atoms in total. The number of aromatic nitrogens is 3. The zero-order valence-electron chi connectivity index (χ0n) is 11.5. The predicted octanol–water partition coefficient (Wildman–Crippen LogP) is 2.39. The highest BCUT2D eigenvalue weighted by atomic mass is 19.4. The van der Waals surface area contributed by atoms with Crippen LogP contribution >= 0.6 is 0 Å². The van der Waals surface area contributed by atoms with Gasteiger partial charge in [-0.3, -0.25) is 0 Å². The maximum Gasteiger partial charge on any atom is 0.393 e. The number of hydrogen-bond donors (Lipinski definition) is 1. The van der Waals surface area contributed by atoms with E-state index in [0.29, 0.717) is 18.1 Å². The second-order valence-electron chi connectivity index (χ2n) is 5.79. The summed E-state index contributed by atoms with van der Waals surface area (Å²) in [6.07, 6.45) is -0.897. The van der Waals surface area contributed by atoms with Crippen molar-refractivity contribution >= 4 is 0 Å². The van der Waals surface area contributed by atoms with Gasteiger partial charge in [0.1, 0.15) is 5.82 Å².